The first-order chi connectivity index (χ1) is 10.3. The van der Waals surface area contributed by atoms with Crippen molar-refractivity contribution >= 4 is 29.0 Å². The molecular weight excluding hydrogens is 317 g/mol. The lowest BCUT2D eigenvalue weighted by molar-refractivity contribution is -0.137. The predicted octanol–water partition coefficient (Wildman–Crippen LogP) is 5.03. The van der Waals surface area contributed by atoms with E-state index in [1.165, 1.54) is 18.0 Å². The van der Waals surface area contributed by atoms with Crippen molar-refractivity contribution in [1.82, 2.24) is 0 Å². The Hall–Kier alpha value is -2.21. The van der Waals surface area contributed by atoms with E-state index in [-0.39, 0.29) is 5.69 Å². The third-order valence-corrected chi connectivity index (χ3v) is 3.30. The van der Waals surface area contributed by atoms with Gasteiger partial charge in [0.25, 0.3) is 0 Å². The van der Waals surface area contributed by atoms with Crippen LogP contribution in [-0.2, 0) is 6.18 Å². The first-order valence-electron chi connectivity index (χ1n) is 6.25. The van der Waals surface area contributed by atoms with Crippen LogP contribution >= 0.6 is 11.6 Å². The van der Waals surface area contributed by atoms with Gasteiger partial charge in [0.2, 0.25) is 0 Å². The van der Waals surface area contributed by atoms with E-state index in [4.69, 9.17) is 11.6 Å². The first-order valence-corrected chi connectivity index (χ1v) is 6.63. The molecule has 1 N–H and O–H groups in total. The molecule has 7 heteroatoms. The van der Waals surface area contributed by atoms with Gasteiger partial charge in [-0.15, -0.1) is 0 Å². The highest BCUT2D eigenvalue weighted by atomic mass is 35.5. The van der Waals surface area contributed by atoms with Crippen LogP contribution in [0, 0.1) is 0 Å². The van der Waals surface area contributed by atoms with Gasteiger partial charge in [0.1, 0.15) is 0 Å². The molecule has 0 aliphatic rings. The van der Waals surface area contributed by atoms with Crippen molar-refractivity contribution in [3.63, 3.8) is 0 Å². The van der Waals surface area contributed by atoms with Gasteiger partial charge in [0.05, 0.1) is 10.6 Å². The number of halogens is 4. The summed E-state index contributed by atoms with van der Waals surface area (Å²) < 4.78 is 38.3. The Labute approximate surface area is 130 Å². The van der Waals surface area contributed by atoms with Crippen molar-refractivity contribution in [2.24, 2.45) is 0 Å². The largest absolute Gasteiger partial charge is 0.417 e. The van der Waals surface area contributed by atoms with Gasteiger partial charge in [-0.1, -0.05) is 29.8 Å². The maximum Gasteiger partial charge on any atom is 0.417 e. The van der Waals surface area contributed by atoms with E-state index >= 15 is 0 Å². The van der Waals surface area contributed by atoms with Crippen LogP contribution in [0.5, 0.6) is 0 Å². The van der Waals surface area contributed by atoms with Crippen molar-refractivity contribution in [3.05, 3.63) is 59.1 Å². The summed E-state index contributed by atoms with van der Waals surface area (Å²) in [5.74, 6) is 0. The third kappa shape index (κ3) is 3.71. The van der Waals surface area contributed by atoms with Gasteiger partial charge >= 0.3 is 12.2 Å². The fraction of sp³-hybridized carbons (Fsp3) is 0.133. The number of carbonyl (C=O) groups is 1. The van der Waals surface area contributed by atoms with Crippen LogP contribution in [-0.4, -0.2) is 13.1 Å². The lowest BCUT2D eigenvalue weighted by Gasteiger charge is -2.18. The van der Waals surface area contributed by atoms with E-state index in [0.29, 0.717) is 5.69 Å². The van der Waals surface area contributed by atoms with Crippen LogP contribution < -0.4 is 10.2 Å². The van der Waals surface area contributed by atoms with Crippen LogP contribution in [0.15, 0.2) is 48.5 Å². The summed E-state index contributed by atoms with van der Waals surface area (Å²) in [5, 5.41) is 1.99. The van der Waals surface area contributed by atoms with E-state index in [9.17, 15) is 18.0 Å². The third-order valence-electron chi connectivity index (χ3n) is 2.97. The summed E-state index contributed by atoms with van der Waals surface area (Å²) in [6, 6.07) is 11.4. The monoisotopic (exact) mass is 328 g/mol. The minimum Gasteiger partial charge on any atom is -0.308 e. The van der Waals surface area contributed by atoms with Crippen molar-refractivity contribution in [3.8, 4) is 0 Å². The van der Waals surface area contributed by atoms with Gasteiger partial charge in [0, 0.05) is 18.4 Å². The average molecular weight is 329 g/mol. The Balaban J connectivity index is 2.19. The number of alkyl halides is 3. The highest BCUT2D eigenvalue weighted by Crippen LogP contribution is 2.36. The summed E-state index contributed by atoms with van der Waals surface area (Å²) in [5.41, 5.74) is -0.358. The molecule has 2 rings (SSSR count). The molecule has 2 aromatic carbocycles. The average Bonchev–Trinajstić information content (AvgIpc) is 2.48. The standard InChI is InChI=1S/C15H12ClF3N2O/c1-21(11-5-3-2-4-6-11)14(22)20-10-7-8-13(16)12(9-10)15(17,18)19/h2-9H,1H3,(H,20,22). The molecule has 0 aliphatic heterocycles. The minimum absolute atomic E-state index is 0.0181. The number of nitrogens with zero attached hydrogens (tertiary/aromatic N) is 1. The maximum atomic E-state index is 12.8. The molecule has 0 saturated heterocycles. The highest BCUT2D eigenvalue weighted by molar-refractivity contribution is 6.31. The number of hydrogen-bond donors (Lipinski definition) is 1. The Kier molecular flexibility index (Phi) is 4.61. The van der Waals surface area contributed by atoms with E-state index in [2.05, 4.69) is 5.32 Å². The van der Waals surface area contributed by atoms with Crippen molar-refractivity contribution < 1.29 is 18.0 Å². The molecule has 0 bridgehead atoms. The summed E-state index contributed by atoms with van der Waals surface area (Å²) in [6.07, 6.45) is -4.58. The Morgan fingerprint density at radius 2 is 1.77 bits per heavy atom. The quantitative estimate of drug-likeness (QED) is 0.824. The second-order valence-electron chi connectivity index (χ2n) is 4.52. The summed E-state index contributed by atoms with van der Waals surface area (Å²) >= 11 is 5.53. The van der Waals surface area contributed by atoms with Crippen LogP contribution in [0.3, 0.4) is 0 Å². The van der Waals surface area contributed by atoms with Gasteiger partial charge in [-0.05, 0) is 30.3 Å². The van der Waals surface area contributed by atoms with Gasteiger partial charge in [-0.2, -0.15) is 13.2 Å². The second kappa shape index (κ2) is 6.27. The van der Waals surface area contributed by atoms with E-state index in [1.54, 1.807) is 30.3 Å². The predicted molar refractivity (Wildman–Crippen MR) is 80.3 cm³/mol. The Morgan fingerprint density at radius 3 is 2.36 bits per heavy atom. The zero-order valence-electron chi connectivity index (χ0n) is 11.5. The van der Waals surface area contributed by atoms with Crippen molar-refractivity contribution in [2.45, 2.75) is 6.18 Å². The van der Waals surface area contributed by atoms with E-state index < -0.39 is 22.8 Å². The molecule has 2 aromatic rings. The molecule has 0 fully saturated rings. The lowest BCUT2D eigenvalue weighted by atomic mass is 10.2. The van der Waals surface area contributed by atoms with Crippen LogP contribution in [0.1, 0.15) is 5.56 Å². The second-order valence-corrected chi connectivity index (χ2v) is 4.92. The molecule has 2 amide bonds. The molecular formula is C15H12ClF3N2O. The zero-order valence-corrected chi connectivity index (χ0v) is 12.2. The van der Waals surface area contributed by atoms with Crippen molar-refractivity contribution in [2.75, 3.05) is 17.3 Å². The van der Waals surface area contributed by atoms with Gasteiger partial charge < -0.3 is 5.32 Å². The molecule has 22 heavy (non-hydrogen) atoms. The number of anilines is 2. The molecule has 0 saturated carbocycles. The number of para-hydroxylation sites is 1. The van der Waals surface area contributed by atoms with Crippen LogP contribution in [0.25, 0.3) is 0 Å². The molecule has 0 heterocycles. The number of nitrogens with one attached hydrogen (secondary N) is 1. The lowest BCUT2D eigenvalue weighted by Crippen LogP contribution is -2.31. The summed E-state index contributed by atoms with van der Waals surface area (Å²) in [6.45, 7) is 0. The molecule has 0 aromatic heterocycles. The number of hydrogen-bond acceptors (Lipinski definition) is 1. The van der Waals surface area contributed by atoms with E-state index in [1.807, 2.05) is 0 Å². The molecule has 0 aliphatic carbocycles. The normalized spacial score (nSPS) is 11.1. The van der Waals surface area contributed by atoms with Crippen LogP contribution in [0.4, 0.5) is 29.3 Å². The molecule has 3 nitrogen and oxygen atoms in total. The molecule has 0 radical (unpaired) electrons. The first kappa shape index (κ1) is 16.2. The van der Waals surface area contributed by atoms with E-state index in [0.717, 1.165) is 12.1 Å². The number of amides is 2. The smallest absolute Gasteiger partial charge is 0.308 e. The summed E-state index contributed by atoms with van der Waals surface area (Å²) in [7, 11) is 1.52. The SMILES string of the molecule is CN(C(=O)Nc1ccc(Cl)c(C(F)(F)F)c1)c1ccccc1. The number of urea groups is 1. The summed E-state index contributed by atoms with van der Waals surface area (Å²) in [4.78, 5) is 13.4. The zero-order chi connectivity index (χ0) is 16.3. The number of carbonyl (C=O) groups excluding carboxylic acids is 1. The fourth-order valence-electron chi connectivity index (χ4n) is 1.80. The van der Waals surface area contributed by atoms with Gasteiger partial charge in [-0.25, -0.2) is 4.79 Å². The van der Waals surface area contributed by atoms with Gasteiger partial charge in [0.15, 0.2) is 0 Å². The molecule has 0 unspecified atom stereocenters. The topological polar surface area (TPSA) is 32.3 Å². The Morgan fingerprint density at radius 1 is 1.14 bits per heavy atom. The van der Waals surface area contributed by atoms with Crippen molar-refractivity contribution in [1.29, 1.82) is 0 Å². The Bertz CT molecular complexity index is 674. The number of benzene rings is 2. The molecule has 116 valence electrons. The molecule has 0 spiro atoms. The minimum atomic E-state index is -4.58. The van der Waals surface area contributed by atoms with Gasteiger partial charge in [-0.3, -0.25) is 4.90 Å². The maximum absolute atomic E-state index is 12.8. The highest BCUT2D eigenvalue weighted by Gasteiger charge is 2.33. The molecule has 0 atom stereocenters. The number of rotatable bonds is 2. The van der Waals surface area contributed by atoms with Crippen LogP contribution in [0.2, 0.25) is 5.02 Å². The fourth-order valence-corrected chi connectivity index (χ4v) is 2.02.